The van der Waals surface area contributed by atoms with Crippen LogP contribution in [0.4, 0.5) is 4.39 Å². The molecule has 3 atom stereocenters. The Morgan fingerprint density at radius 2 is 1.70 bits per heavy atom. The maximum atomic E-state index is 13.5. The second-order valence-electron chi connectivity index (χ2n) is 9.92. The molecule has 0 fully saturated rings. The fourth-order valence-electron chi connectivity index (χ4n) is 4.43. The van der Waals surface area contributed by atoms with Gasteiger partial charge < -0.3 is 14.8 Å². The Hall–Kier alpha value is -3.07. The number of ketones is 1. The lowest BCUT2D eigenvalue weighted by Crippen LogP contribution is -2.48. The molecule has 4 rings (SSSR count). The summed E-state index contributed by atoms with van der Waals surface area (Å²) in [5.74, 6) is -2.98. The number of benzene rings is 2. The Morgan fingerprint density at radius 1 is 1.03 bits per heavy atom. The number of rotatable bonds is 5. The monoisotopic (exact) mass is 531 g/mol. The van der Waals surface area contributed by atoms with Gasteiger partial charge in [-0.1, -0.05) is 26.0 Å². The average molecular weight is 532 g/mol. The summed E-state index contributed by atoms with van der Waals surface area (Å²) in [5.41, 5.74) is 0.736. The number of ether oxygens (including phenoxy) is 1. The van der Waals surface area contributed by atoms with Crippen molar-refractivity contribution in [2.24, 2.45) is 17.8 Å². The van der Waals surface area contributed by atoms with Crippen molar-refractivity contribution in [2.75, 3.05) is 12.4 Å². The molecule has 200 valence electrons. The second kappa shape index (κ2) is 12.9. The molecule has 0 unspecified atom stereocenters. The third-order valence-corrected chi connectivity index (χ3v) is 8.41. The summed E-state index contributed by atoms with van der Waals surface area (Å²) >= 11 is 0. The van der Waals surface area contributed by atoms with Crippen LogP contribution < -0.4 is 10.1 Å². The minimum Gasteiger partial charge on any atom is -0.494 e. The first-order chi connectivity index (χ1) is 17.6. The third-order valence-electron chi connectivity index (χ3n) is 6.57. The van der Waals surface area contributed by atoms with E-state index in [1.165, 1.54) is 12.1 Å². The molecule has 9 heteroatoms. The highest BCUT2D eigenvalue weighted by atomic mass is 32.2. The molecule has 0 spiro atoms. The Labute approximate surface area is 217 Å². The van der Waals surface area contributed by atoms with Crippen LogP contribution in [0.25, 0.3) is 0 Å². The molecule has 2 heterocycles. The number of halogens is 1. The van der Waals surface area contributed by atoms with Crippen LogP contribution in [0.5, 0.6) is 5.75 Å². The maximum Gasteiger partial charge on any atom is 0.225 e. The Kier molecular flexibility index (Phi) is 9.97. The summed E-state index contributed by atoms with van der Waals surface area (Å²) in [6, 6.07) is 10.7. The zero-order valence-corrected chi connectivity index (χ0v) is 22.0. The molecule has 0 aliphatic carbocycles. The van der Waals surface area contributed by atoms with E-state index in [1.54, 1.807) is 38.1 Å². The number of nitrogens with one attached hydrogen (secondary N) is 1. The number of hydrogen-bond donors (Lipinski definition) is 1. The number of amides is 1. The second-order valence-corrected chi connectivity index (χ2v) is 12.0. The van der Waals surface area contributed by atoms with Gasteiger partial charge in [0.05, 0.1) is 29.2 Å². The molecule has 0 saturated carbocycles. The molecule has 0 radical (unpaired) electrons. The number of carbonyl (C=O) groups excluding carboxylic acids is 3. The van der Waals surface area contributed by atoms with Gasteiger partial charge in [0.2, 0.25) is 5.91 Å². The lowest BCUT2D eigenvalue weighted by Gasteiger charge is -2.25. The molecular formula is C28H34FNO6S. The van der Waals surface area contributed by atoms with Gasteiger partial charge >= 0.3 is 0 Å². The zero-order valence-electron chi connectivity index (χ0n) is 21.2. The minimum absolute atomic E-state index is 0.00386. The van der Waals surface area contributed by atoms with Crippen molar-refractivity contribution in [3.8, 4) is 5.75 Å². The van der Waals surface area contributed by atoms with E-state index in [9.17, 15) is 27.2 Å². The van der Waals surface area contributed by atoms with Crippen LogP contribution in [0.1, 0.15) is 45.1 Å². The van der Waals surface area contributed by atoms with Crippen LogP contribution in [0, 0.1) is 23.6 Å². The van der Waals surface area contributed by atoms with Gasteiger partial charge in [-0.25, -0.2) is 12.8 Å². The Balaban J connectivity index is 1.93. The van der Waals surface area contributed by atoms with Gasteiger partial charge in [-0.2, -0.15) is 0 Å². The van der Waals surface area contributed by atoms with Crippen molar-refractivity contribution in [2.45, 2.75) is 56.9 Å². The quantitative estimate of drug-likeness (QED) is 0.463. The molecule has 2 aliphatic heterocycles. The highest BCUT2D eigenvalue weighted by Gasteiger charge is 2.32. The van der Waals surface area contributed by atoms with Gasteiger partial charge in [0, 0.05) is 12.3 Å². The molecule has 2 bridgehead atoms. The van der Waals surface area contributed by atoms with Crippen LogP contribution in [0.15, 0.2) is 53.4 Å². The topological polar surface area (TPSA) is 107 Å². The molecule has 0 aromatic heterocycles. The van der Waals surface area contributed by atoms with E-state index in [0.717, 1.165) is 36.8 Å². The van der Waals surface area contributed by atoms with Crippen LogP contribution in [-0.4, -0.2) is 44.8 Å². The first-order valence-corrected chi connectivity index (χ1v) is 14.2. The van der Waals surface area contributed by atoms with Gasteiger partial charge in [-0.05, 0) is 73.6 Å². The molecule has 2 aliphatic rings. The predicted octanol–water partition coefficient (Wildman–Crippen LogP) is 3.94. The summed E-state index contributed by atoms with van der Waals surface area (Å²) in [4.78, 5) is 38.1. The fourth-order valence-corrected chi connectivity index (χ4v) is 5.97. The smallest absolute Gasteiger partial charge is 0.225 e. The molecular weight excluding hydrogens is 497 g/mol. The van der Waals surface area contributed by atoms with Crippen LogP contribution >= 0.6 is 0 Å². The lowest BCUT2D eigenvalue weighted by molar-refractivity contribution is -0.131. The van der Waals surface area contributed by atoms with E-state index in [2.05, 4.69) is 5.32 Å². The largest absolute Gasteiger partial charge is 0.494 e. The molecule has 2 aromatic carbocycles. The summed E-state index contributed by atoms with van der Waals surface area (Å²) in [5, 5.41) is 2.78. The van der Waals surface area contributed by atoms with E-state index in [4.69, 9.17) is 4.74 Å². The van der Waals surface area contributed by atoms with Crippen LogP contribution in [0.2, 0.25) is 0 Å². The van der Waals surface area contributed by atoms with Gasteiger partial charge in [-0.3, -0.25) is 9.59 Å². The van der Waals surface area contributed by atoms with Gasteiger partial charge in [0.1, 0.15) is 17.9 Å². The molecule has 1 N–H and O–H groups in total. The van der Waals surface area contributed by atoms with Crippen LogP contribution in [0.3, 0.4) is 0 Å². The van der Waals surface area contributed by atoms with Gasteiger partial charge in [0.15, 0.2) is 15.6 Å². The van der Waals surface area contributed by atoms with E-state index < -0.39 is 45.2 Å². The number of hydrogen-bond acceptors (Lipinski definition) is 6. The third kappa shape index (κ3) is 8.21. The molecule has 2 aromatic rings. The first-order valence-electron chi connectivity index (χ1n) is 12.6. The number of fused-ring (bicyclic) bond motifs is 14. The van der Waals surface area contributed by atoms with Crippen molar-refractivity contribution < 1.29 is 31.9 Å². The fraction of sp³-hybridized carbons (Fsp3) is 0.464. The lowest BCUT2D eigenvalue weighted by atomic mass is 9.90. The number of carbonyl (C=O) groups is 3. The number of aldehydes is 1. The first kappa shape index (κ1) is 28.5. The van der Waals surface area contributed by atoms with Gasteiger partial charge in [0.25, 0.3) is 0 Å². The summed E-state index contributed by atoms with van der Waals surface area (Å²) in [7, 11) is -3.94. The van der Waals surface area contributed by atoms with E-state index in [0.29, 0.717) is 18.8 Å². The highest BCUT2D eigenvalue weighted by Crippen LogP contribution is 2.22. The number of sulfone groups is 1. The molecule has 1 amide bonds. The van der Waals surface area contributed by atoms with Crippen molar-refractivity contribution in [3.63, 3.8) is 0 Å². The normalized spacial score (nSPS) is 22.2. The van der Waals surface area contributed by atoms with Crippen molar-refractivity contribution >= 4 is 27.8 Å². The minimum atomic E-state index is -3.94. The average Bonchev–Trinajstić information content (AvgIpc) is 2.86. The highest BCUT2D eigenvalue weighted by molar-refractivity contribution is 7.91. The Bertz CT molecular complexity index is 1180. The number of Topliss-reactive ketones (excluding diaryl/α,β-unsaturated/α-hetero) is 1. The van der Waals surface area contributed by atoms with Crippen LogP contribution in [-0.2, 0) is 30.6 Å². The maximum absolute atomic E-state index is 13.5. The summed E-state index contributed by atoms with van der Waals surface area (Å²) < 4.78 is 45.4. The van der Waals surface area contributed by atoms with Gasteiger partial charge in [-0.15, -0.1) is 0 Å². The van der Waals surface area contributed by atoms with Crippen molar-refractivity contribution in [1.82, 2.24) is 5.32 Å². The Morgan fingerprint density at radius 3 is 2.32 bits per heavy atom. The zero-order chi connectivity index (χ0) is 27.0. The predicted molar refractivity (Wildman–Crippen MR) is 137 cm³/mol. The SMILES string of the molecule is CC(C)[C@@H]1NC(=O)[C@@H](CS(=O)(=O)c2ccc(F)cc2)Cc2ccc(cc2)OCCCC[C@@H](C=O)CC1=O. The molecule has 37 heavy (non-hydrogen) atoms. The van der Waals surface area contributed by atoms with E-state index in [1.807, 2.05) is 0 Å². The van der Waals surface area contributed by atoms with E-state index in [-0.39, 0.29) is 29.4 Å². The molecule has 0 saturated heterocycles. The van der Waals surface area contributed by atoms with Crippen molar-refractivity contribution in [1.29, 1.82) is 0 Å². The van der Waals surface area contributed by atoms with Crippen molar-refractivity contribution in [3.05, 3.63) is 59.9 Å². The standard InChI is InChI=1S/C28H34FNO6S/c1-19(2)27-26(32)16-21(17-31)5-3-4-14-36-24-10-6-20(7-11-24)15-22(28(33)30-27)18-37(34,35)25-12-8-23(29)9-13-25/h6-13,17,19,21-22,27H,3-5,14-16,18H2,1-2H3,(H,30,33)/t21-,22-,27+/m1/s1. The molecule has 7 nitrogen and oxygen atoms in total. The summed E-state index contributed by atoms with van der Waals surface area (Å²) in [6.45, 7) is 4.05. The van der Waals surface area contributed by atoms with E-state index >= 15 is 0 Å². The summed E-state index contributed by atoms with van der Waals surface area (Å²) in [6.07, 6.45) is 2.88.